The van der Waals surface area contributed by atoms with Crippen LogP contribution in [0.25, 0.3) is 0 Å². The van der Waals surface area contributed by atoms with E-state index in [1.807, 2.05) is 0 Å². The third-order valence-electron chi connectivity index (χ3n) is 1.96. The number of nitrogens with one attached hydrogen (secondary N) is 1. The maximum atomic E-state index is 12.4. The number of nitro benzene ring substituents is 1. The number of nitro groups is 1. The van der Waals surface area contributed by atoms with E-state index in [0.29, 0.717) is 6.07 Å². The van der Waals surface area contributed by atoms with Gasteiger partial charge in [0.05, 0.1) is 10.5 Å². The van der Waals surface area contributed by atoms with E-state index in [0.717, 1.165) is 12.1 Å². The summed E-state index contributed by atoms with van der Waals surface area (Å²) in [5.41, 5.74) is -1.63. The smallest absolute Gasteiger partial charge is 0.376 e. The van der Waals surface area contributed by atoms with Crippen LogP contribution in [0.4, 0.5) is 24.5 Å². The van der Waals surface area contributed by atoms with Gasteiger partial charge in [0, 0.05) is 12.6 Å². The van der Waals surface area contributed by atoms with E-state index in [2.05, 4.69) is 11.9 Å². The number of hydrogen-bond acceptors (Lipinski definition) is 3. The molecule has 0 aliphatic carbocycles. The molecule has 0 bridgehead atoms. The fourth-order valence-corrected chi connectivity index (χ4v) is 1.19. The lowest BCUT2D eigenvalue weighted by molar-refractivity contribution is -0.384. The number of hydrogen-bond donors (Lipinski definition) is 1. The van der Waals surface area contributed by atoms with Gasteiger partial charge in [0.15, 0.2) is 0 Å². The summed E-state index contributed by atoms with van der Waals surface area (Å²) in [4.78, 5) is 9.78. The van der Waals surface area contributed by atoms with E-state index in [1.54, 1.807) is 0 Å². The van der Waals surface area contributed by atoms with Crippen LogP contribution in [0, 0.1) is 10.1 Å². The Kier molecular flexibility index (Phi) is 3.72. The summed E-state index contributed by atoms with van der Waals surface area (Å²) in [6, 6.07) is 2.33. The lowest BCUT2D eigenvalue weighted by Crippen LogP contribution is -2.08. The van der Waals surface area contributed by atoms with Crippen LogP contribution in [0.1, 0.15) is 5.56 Å². The molecule has 0 fully saturated rings. The Morgan fingerprint density at radius 3 is 2.59 bits per heavy atom. The average Bonchev–Trinajstić information content (AvgIpc) is 2.24. The molecule has 1 aromatic rings. The maximum absolute atomic E-state index is 12.4. The van der Waals surface area contributed by atoms with Crippen LogP contribution < -0.4 is 5.32 Å². The molecule has 1 aromatic carbocycles. The molecule has 7 heteroatoms. The third-order valence-corrected chi connectivity index (χ3v) is 1.96. The Balaban J connectivity index is 3.17. The highest BCUT2D eigenvalue weighted by Gasteiger charge is 2.32. The summed E-state index contributed by atoms with van der Waals surface area (Å²) in [6.07, 6.45) is -3.15. The van der Waals surface area contributed by atoms with Gasteiger partial charge in [-0.15, -0.1) is 6.58 Å². The molecule has 0 saturated carbocycles. The lowest BCUT2D eigenvalue weighted by atomic mass is 10.1. The first-order chi connectivity index (χ1) is 7.86. The number of rotatable bonds is 4. The summed E-state index contributed by atoms with van der Waals surface area (Å²) >= 11 is 0. The van der Waals surface area contributed by atoms with Crippen molar-refractivity contribution in [1.29, 1.82) is 0 Å². The minimum atomic E-state index is -4.60. The molecule has 4 nitrogen and oxygen atoms in total. The van der Waals surface area contributed by atoms with Gasteiger partial charge in [-0.25, -0.2) is 0 Å². The number of alkyl halides is 3. The van der Waals surface area contributed by atoms with Crippen molar-refractivity contribution in [1.82, 2.24) is 0 Å². The summed E-state index contributed by atoms with van der Waals surface area (Å²) < 4.78 is 37.1. The predicted octanol–water partition coefficient (Wildman–Crippen LogP) is 3.21. The number of benzene rings is 1. The highest BCUT2D eigenvalue weighted by Crippen LogP contribution is 2.34. The first-order valence-corrected chi connectivity index (χ1v) is 4.56. The molecule has 0 saturated heterocycles. The molecule has 0 unspecified atom stereocenters. The van der Waals surface area contributed by atoms with E-state index in [9.17, 15) is 23.3 Å². The molecule has 1 rings (SSSR count). The fraction of sp³-hybridized carbons (Fsp3) is 0.200. The van der Waals surface area contributed by atoms with Crippen molar-refractivity contribution in [3.05, 3.63) is 46.5 Å². The first kappa shape index (κ1) is 13.0. The Labute approximate surface area is 94.9 Å². The Morgan fingerprint density at radius 1 is 1.47 bits per heavy atom. The fourth-order valence-electron chi connectivity index (χ4n) is 1.19. The minimum absolute atomic E-state index is 0.0305. The normalized spacial score (nSPS) is 11.0. The Bertz CT molecular complexity index is 444. The third kappa shape index (κ3) is 3.20. The standard InChI is InChI=1S/C10H9F3N2O2/c1-2-5-14-8-4-3-7(10(11,12)13)6-9(8)15(16)17/h2-4,6,14H,1,5H2. The Hall–Kier alpha value is -2.05. The molecule has 0 aliphatic heterocycles. The van der Waals surface area contributed by atoms with E-state index in [1.165, 1.54) is 6.08 Å². The largest absolute Gasteiger partial charge is 0.416 e. The Morgan fingerprint density at radius 2 is 2.12 bits per heavy atom. The van der Waals surface area contributed by atoms with Gasteiger partial charge in [-0.1, -0.05) is 6.08 Å². The van der Waals surface area contributed by atoms with Crippen LogP contribution >= 0.6 is 0 Å². The van der Waals surface area contributed by atoms with E-state index in [4.69, 9.17) is 0 Å². The van der Waals surface area contributed by atoms with Gasteiger partial charge in [0.2, 0.25) is 0 Å². The topological polar surface area (TPSA) is 55.2 Å². The molecule has 0 aliphatic rings. The molecule has 17 heavy (non-hydrogen) atoms. The van der Waals surface area contributed by atoms with Gasteiger partial charge in [0.1, 0.15) is 5.69 Å². The zero-order chi connectivity index (χ0) is 13.1. The van der Waals surface area contributed by atoms with Gasteiger partial charge in [-0.05, 0) is 12.1 Å². The molecule has 0 atom stereocenters. The van der Waals surface area contributed by atoms with Crippen molar-refractivity contribution < 1.29 is 18.1 Å². The maximum Gasteiger partial charge on any atom is 0.416 e. The quantitative estimate of drug-likeness (QED) is 0.504. The first-order valence-electron chi connectivity index (χ1n) is 4.56. The van der Waals surface area contributed by atoms with Crippen molar-refractivity contribution in [3.8, 4) is 0 Å². The van der Waals surface area contributed by atoms with Crippen LogP contribution in [0.15, 0.2) is 30.9 Å². The molecule has 0 heterocycles. The van der Waals surface area contributed by atoms with Gasteiger partial charge in [-0.3, -0.25) is 10.1 Å². The zero-order valence-electron chi connectivity index (χ0n) is 8.62. The molecular formula is C10H9F3N2O2. The molecule has 0 aromatic heterocycles. The lowest BCUT2D eigenvalue weighted by Gasteiger charge is -2.09. The molecule has 0 amide bonds. The monoisotopic (exact) mass is 246 g/mol. The van der Waals surface area contributed by atoms with Crippen LogP contribution in [0.3, 0.4) is 0 Å². The van der Waals surface area contributed by atoms with E-state index < -0.39 is 22.4 Å². The van der Waals surface area contributed by atoms with Crippen molar-refractivity contribution in [3.63, 3.8) is 0 Å². The van der Waals surface area contributed by atoms with Crippen molar-refractivity contribution in [2.75, 3.05) is 11.9 Å². The summed E-state index contributed by atoms with van der Waals surface area (Å²) in [6.45, 7) is 3.62. The minimum Gasteiger partial charge on any atom is -0.376 e. The highest BCUT2D eigenvalue weighted by molar-refractivity contribution is 5.63. The van der Waals surface area contributed by atoms with Gasteiger partial charge in [0.25, 0.3) is 5.69 Å². The highest BCUT2D eigenvalue weighted by atomic mass is 19.4. The van der Waals surface area contributed by atoms with Gasteiger partial charge >= 0.3 is 6.18 Å². The van der Waals surface area contributed by atoms with Crippen LogP contribution in [-0.4, -0.2) is 11.5 Å². The number of halogens is 3. The summed E-state index contributed by atoms with van der Waals surface area (Å²) in [5, 5.41) is 13.2. The van der Waals surface area contributed by atoms with E-state index in [-0.39, 0.29) is 12.2 Å². The zero-order valence-corrected chi connectivity index (χ0v) is 8.62. The second kappa shape index (κ2) is 4.86. The molecule has 1 N–H and O–H groups in total. The van der Waals surface area contributed by atoms with Crippen molar-refractivity contribution >= 4 is 11.4 Å². The van der Waals surface area contributed by atoms with Crippen LogP contribution in [-0.2, 0) is 6.18 Å². The molecule has 92 valence electrons. The summed E-state index contributed by atoms with van der Waals surface area (Å²) in [5.74, 6) is 0. The number of nitrogens with zero attached hydrogens (tertiary/aromatic N) is 1. The second-order valence-electron chi connectivity index (χ2n) is 3.16. The SMILES string of the molecule is C=CCNc1ccc(C(F)(F)F)cc1[N+](=O)[O-]. The van der Waals surface area contributed by atoms with E-state index >= 15 is 0 Å². The molecule has 0 spiro atoms. The van der Waals surface area contributed by atoms with Crippen LogP contribution in [0.2, 0.25) is 0 Å². The molecular weight excluding hydrogens is 237 g/mol. The van der Waals surface area contributed by atoms with Crippen LogP contribution in [0.5, 0.6) is 0 Å². The van der Waals surface area contributed by atoms with Gasteiger partial charge < -0.3 is 5.32 Å². The predicted molar refractivity (Wildman–Crippen MR) is 56.8 cm³/mol. The van der Waals surface area contributed by atoms with Gasteiger partial charge in [-0.2, -0.15) is 13.2 Å². The van der Waals surface area contributed by atoms with Crippen molar-refractivity contribution in [2.45, 2.75) is 6.18 Å². The molecule has 0 radical (unpaired) electrons. The second-order valence-corrected chi connectivity index (χ2v) is 3.16. The average molecular weight is 246 g/mol. The number of anilines is 1. The summed E-state index contributed by atoms with van der Waals surface area (Å²) in [7, 11) is 0. The van der Waals surface area contributed by atoms with Crippen molar-refractivity contribution in [2.24, 2.45) is 0 Å².